The average molecular weight is 571 g/mol. The summed E-state index contributed by atoms with van der Waals surface area (Å²) < 4.78 is 36.0. The van der Waals surface area contributed by atoms with Crippen LogP contribution < -0.4 is 4.74 Å². The van der Waals surface area contributed by atoms with E-state index in [1.54, 1.807) is 7.11 Å². The molecule has 0 amide bonds. The van der Waals surface area contributed by atoms with Crippen LogP contribution in [-0.4, -0.2) is 79.1 Å². The van der Waals surface area contributed by atoms with Crippen molar-refractivity contribution in [3.05, 3.63) is 29.8 Å². The van der Waals surface area contributed by atoms with E-state index in [4.69, 9.17) is 27.8 Å². The second kappa shape index (κ2) is 12.5. The Hall–Kier alpha value is -1.28. The number of hydrogen-bond acceptors (Lipinski definition) is 8. The fourth-order valence-electron chi connectivity index (χ4n) is 3.68. The van der Waals surface area contributed by atoms with Gasteiger partial charge in [-0.3, -0.25) is 0 Å². The molecule has 5 atom stereocenters. The molecule has 1 heterocycles. The van der Waals surface area contributed by atoms with E-state index in [-0.39, 0.29) is 16.7 Å². The van der Waals surface area contributed by atoms with Crippen LogP contribution in [0.1, 0.15) is 47.1 Å². The molecule has 2 rings (SSSR count). The molecule has 0 saturated carbocycles. The van der Waals surface area contributed by atoms with Crippen LogP contribution in [0.15, 0.2) is 24.3 Å². The van der Waals surface area contributed by atoms with Gasteiger partial charge in [-0.1, -0.05) is 53.7 Å². The van der Waals surface area contributed by atoms with Crippen LogP contribution in [0.3, 0.4) is 0 Å². The van der Waals surface area contributed by atoms with Crippen molar-refractivity contribution in [2.24, 2.45) is 0 Å². The number of hydrogen-bond donors (Lipinski definition) is 1. The van der Waals surface area contributed by atoms with Crippen LogP contribution in [0.5, 0.6) is 5.75 Å². The molecule has 218 valence electrons. The van der Waals surface area contributed by atoms with E-state index in [9.17, 15) is 9.90 Å². The second-order valence-corrected chi connectivity index (χ2v) is 22.7. The zero-order valence-corrected chi connectivity index (χ0v) is 27.4. The van der Waals surface area contributed by atoms with E-state index in [1.165, 1.54) is 7.11 Å². The van der Waals surface area contributed by atoms with Crippen molar-refractivity contribution < 1.29 is 37.7 Å². The molecule has 0 bridgehead atoms. The van der Waals surface area contributed by atoms with Gasteiger partial charge in [-0.05, 0) is 54.0 Å². The third-order valence-corrected chi connectivity index (χ3v) is 17.2. The number of esters is 1. The largest absolute Gasteiger partial charge is 0.497 e. The van der Waals surface area contributed by atoms with Crippen molar-refractivity contribution in [3.63, 3.8) is 0 Å². The summed E-state index contributed by atoms with van der Waals surface area (Å²) >= 11 is 0. The molecule has 1 saturated heterocycles. The normalized spacial score (nSPS) is 25.2. The predicted molar refractivity (Wildman–Crippen MR) is 153 cm³/mol. The van der Waals surface area contributed by atoms with Crippen LogP contribution in [0.2, 0.25) is 36.3 Å². The lowest BCUT2D eigenvalue weighted by Gasteiger charge is -2.51. The van der Waals surface area contributed by atoms with Gasteiger partial charge in [0.15, 0.2) is 22.7 Å². The number of methoxy groups -OCH3 is 2. The zero-order valence-electron chi connectivity index (χ0n) is 25.4. The van der Waals surface area contributed by atoms with Crippen LogP contribution in [0, 0.1) is 0 Å². The monoisotopic (exact) mass is 570 g/mol. The lowest BCUT2D eigenvalue weighted by Crippen LogP contribution is -2.67. The SMILES string of the molecule is COC(=O)[C@@H]1O[C@H](COCc2ccc(OC)cc2)[C@H](O)[C@H](O[Si](C)(C)C(C)(C)C)[C@H]1O[Si](C)(C)C(C)(C)C. The van der Waals surface area contributed by atoms with Gasteiger partial charge in [-0.25, -0.2) is 4.79 Å². The summed E-state index contributed by atoms with van der Waals surface area (Å²) in [5.74, 6) is 0.212. The molecule has 10 heteroatoms. The van der Waals surface area contributed by atoms with E-state index in [1.807, 2.05) is 24.3 Å². The first kappa shape index (κ1) is 32.9. The Morgan fingerprint density at radius 3 is 1.84 bits per heavy atom. The van der Waals surface area contributed by atoms with Crippen LogP contribution in [0.25, 0.3) is 0 Å². The maximum atomic E-state index is 13.0. The maximum absolute atomic E-state index is 13.0. The van der Waals surface area contributed by atoms with Gasteiger partial charge in [0.25, 0.3) is 0 Å². The van der Waals surface area contributed by atoms with Crippen LogP contribution >= 0.6 is 0 Å². The Morgan fingerprint density at radius 2 is 1.39 bits per heavy atom. The van der Waals surface area contributed by atoms with Gasteiger partial charge in [0.1, 0.15) is 30.2 Å². The summed E-state index contributed by atoms with van der Waals surface area (Å²) in [4.78, 5) is 13.0. The summed E-state index contributed by atoms with van der Waals surface area (Å²) in [7, 11) is -1.82. The first-order chi connectivity index (χ1) is 17.3. The van der Waals surface area contributed by atoms with Crippen LogP contribution in [0.4, 0.5) is 0 Å². The summed E-state index contributed by atoms with van der Waals surface area (Å²) in [5, 5.41) is 11.4. The molecule has 0 aromatic heterocycles. The van der Waals surface area contributed by atoms with Gasteiger partial charge in [-0.15, -0.1) is 0 Å². The molecule has 1 N–H and O–H groups in total. The van der Waals surface area contributed by atoms with E-state index in [0.29, 0.717) is 6.61 Å². The number of benzene rings is 1. The molecule has 0 aliphatic carbocycles. The summed E-state index contributed by atoms with van der Waals surface area (Å²) in [6, 6.07) is 7.56. The summed E-state index contributed by atoms with van der Waals surface area (Å²) in [6.07, 6.45) is -4.51. The van der Waals surface area contributed by atoms with Crippen molar-refractivity contribution in [2.75, 3.05) is 20.8 Å². The zero-order chi connectivity index (χ0) is 29.1. The molecule has 1 aliphatic rings. The van der Waals surface area contributed by atoms with Gasteiger partial charge in [-0.2, -0.15) is 0 Å². The molecule has 38 heavy (non-hydrogen) atoms. The van der Waals surface area contributed by atoms with E-state index >= 15 is 0 Å². The topological polar surface area (TPSA) is 92.7 Å². The number of carbonyl (C=O) groups is 1. The Labute approximate surface area is 231 Å². The number of rotatable bonds is 10. The predicted octanol–water partition coefficient (Wildman–Crippen LogP) is 5.29. The standard InChI is InChI=1S/C28H50O8Si2/c1-27(2,3)37(9,10)35-23-22(29)21(18-33-17-19-13-15-20(31-7)16-14-19)34-25(26(30)32-8)24(23)36-38(11,12)28(4,5)6/h13-16,21-25,29H,17-18H2,1-12H3/t21-,22+,23+,24-,25-/m1/s1. The highest BCUT2D eigenvalue weighted by atomic mass is 28.4. The maximum Gasteiger partial charge on any atom is 0.337 e. The number of carbonyl (C=O) groups excluding carboxylic acids is 1. The number of aliphatic hydroxyl groups excluding tert-OH is 1. The van der Waals surface area contributed by atoms with Crippen LogP contribution in [-0.2, 0) is 34.5 Å². The van der Waals surface area contributed by atoms with E-state index in [2.05, 4.69) is 67.7 Å². The number of aliphatic hydroxyl groups is 1. The van der Waals surface area contributed by atoms with Crippen molar-refractivity contribution in [1.82, 2.24) is 0 Å². The van der Waals surface area contributed by atoms with Gasteiger partial charge in [0, 0.05) is 0 Å². The Bertz CT molecular complexity index is 905. The lowest BCUT2D eigenvalue weighted by molar-refractivity contribution is -0.231. The highest BCUT2D eigenvalue weighted by Gasteiger charge is 2.55. The first-order valence-corrected chi connectivity index (χ1v) is 19.1. The fourth-order valence-corrected chi connectivity index (χ4v) is 6.28. The molecule has 8 nitrogen and oxygen atoms in total. The summed E-state index contributed by atoms with van der Waals surface area (Å²) in [5.41, 5.74) is 0.953. The lowest BCUT2D eigenvalue weighted by atomic mass is 9.95. The molecular formula is C28H50O8Si2. The molecule has 0 radical (unpaired) electrons. The van der Waals surface area contributed by atoms with Crippen molar-refractivity contribution in [1.29, 1.82) is 0 Å². The van der Waals surface area contributed by atoms with Gasteiger partial charge in [0.05, 0.1) is 27.4 Å². The van der Waals surface area contributed by atoms with Crippen molar-refractivity contribution >= 4 is 22.6 Å². The number of ether oxygens (including phenoxy) is 4. The Kier molecular flexibility index (Phi) is 10.8. The molecule has 0 unspecified atom stereocenters. The van der Waals surface area contributed by atoms with E-state index in [0.717, 1.165) is 11.3 Å². The molecule has 1 aliphatic heterocycles. The van der Waals surface area contributed by atoms with Gasteiger partial charge in [0.2, 0.25) is 0 Å². The molecular weight excluding hydrogens is 520 g/mol. The summed E-state index contributed by atoms with van der Waals surface area (Å²) in [6.45, 7) is 21.7. The van der Waals surface area contributed by atoms with Gasteiger partial charge >= 0.3 is 5.97 Å². The minimum Gasteiger partial charge on any atom is -0.497 e. The Balaban J connectivity index is 2.38. The molecule has 1 fully saturated rings. The highest BCUT2D eigenvalue weighted by molar-refractivity contribution is 6.74. The van der Waals surface area contributed by atoms with Crippen molar-refractivity contribution in [2.45, 2.75) is 115 Å². The third-order valence-electron chi connectivity index (χ3n) is 8.28. The minimum absolute atomic E-state index is 0.0743. The first-order valence-electron chi connectivity index (χ1n) is 13.3. The minimum atomic E-state index is -2.39. The quantitative estimate of drug-likeness (QED) is 0.300. The fraction of sp³-hybridized carbons (Fsp3) is 0.750. The van der Waals surface area contributed by atoms with Gasteiger partial charge < -0.3 is 32.9 Å². The molecule has 0 spiro atoms. The third kappa shape index (κ3) is 7.90. The average Bonchev–Trinajstić information content (AvgIpc) is 2.81. The molecule has 1 aromatic rings. The van der Waals surface area contributed by atoms with E-state index < -0.39 is 53.1 Å². The second-order valence-electron chi connectivity index (χ2n) is 13.2. The highest BCUT2D eigenvalue weighted by Crippen LogP contribution is 2.43. The molecule has 1 aromatic carbocycles. The smallest absolute Gasteiger partial charge is 0.337 e. The van der Waals surface area contributed by atoms with Crippen molar-refractivity contribution in [3.8, 4) is 5.75 Å². The Morgan fingerprint density at radius 1 is 0.895 bits per heavy atom.